The first-order chi connectivity index (χ1) is 11.1. The molecule has 0 radical (unpaired) electrons. The summed E-state index contributed by atoms with van der Waals surface area (Å²) in [5.74, 6) is 0. The van der Waals surface area contributed by atoms with E-state index in [1.165, 1.54) is 28.2 Å². The third-order valence-corrected chi connectivity index (χ3v) is 6.02. The van der Waals surface area contributed by atoms with Gasteiger partial charge in [0.05, 0.1) is 0 Å². The molecule has 0 unspecified atom stereocenters. The van der Waals surface area contributed by atoms with E-state index in [2.05, 4.69) is 22.0 Å². The van der Waals surface area contributed by atoms with Crippen LogP contribution >= 0.6 is 11.6 Å². The molecule has 1 aromatic heterocycles. The molecule has 2 heterocycles. The standard InChI is InChI=1S/C16H18ClN3O2S/c17-16-7-6-15(12-18-16)23(21,22)20-10-8-19(9-11-20)13-14-4-2-1-3-5-14/h1-7,12H,8-11,13H2. The summed E-state index contributed by atoms with van der Waals surface area (Å²) in [5.41, 5.74) is 1.24. The van der Waals surface area contributed by atoms with E-state index in [1.807, 2.05) is 18.2 Å². The molecule has 0 bridgehead atoms. The molecule has 0 atom stereocenters. The summed E-state index contributed by atoms with van der Waals surface area (Å²) in [6, 6.07) is 13.2. The van der Waals surface area contributed by atoms with Crippen LogP contribution < -0.4 is 0 Å². The van der Waals surface area contributed by atoms with Gasteiger partial charge in [0.25, 0.3) is 0 Å². The number of hydrogen-bond donors (Lipinski definition) is 0. The van der Waals surface area contributed by atoms with Gasteiger partial charge < -0.3 is 0 Å². The van der Waals surface area contributed by atoms with Crippen LogP contribution in [0, 0.1) is 0 Å². The first kappa shape index (κ1) is 16.4. The van der Waals surface area contributed by atoms with Crippen molar-refractivity contribution in [3.63, 3.8) is 0 Å². The highest BCUT2D eigenvalue weighted by atomic mass is 35.5. The molecule has 3 rings (SSSR count). The molecule has 5 nitrogen and oxygen atoms in total. The third-order valence-electron chi connectivity index (χ3n) is 3.92. The lowest BCUT2D eigenvalue weighted by Gasteiger charge is -2.33. The van der Waals surface area contributed by atoms with Crippen molar-refractivity contribution in [3.8, 4) is 0 Å². The van der Waals surface area contributed by atoms with Crippen LogP contribution in [0.2, 0.25) is 5.15 Å². The Kier molecular flexibility index (Phi) is 4.96. The Labute approximate surface area is 141 Å². The molecule has 0 saturated carbocycles. The van der Waals surface area contributed by atoms with Crippen LogP contribution in [0.5, 0.6) is 0 Å². The van der Waals surface area contributed by atoms with Crippen LogP contribution in [0.15, 0.2) is 53.6 Å². The molecule has 0 N–H and O–H groups in total. The fraction of sp³-hybridized carbons (Fsp3) is 0.312. The first-order valence-electron chi connectivity index (χ1n) is 7.44. The maximum Gasteiger partial charge on any atom is 0.244 e. The van der Waals surface area contributed by atoms with Gasteiger partial charge in [0.1, 0.15) is 10.0 Å². The zero-order valence-corrected chi connectivity index (χ0v) is 14.2. The van der Waals surface area contributed by atoms with Gasteiger partial charge in [-0.05, 0) is 17.7 Å². The SMILES string of the molecule is O=S(=O)(c1ccc(Cl)nc1)N1CCN(Cc2ccccc2)CC1. The van der Waals surface area contributed by atoms with E-state index in [0.717, 1.165) is 19.6 Å². The second-order valence-electron chi connectivity index (χ2n) is 5.48. The molecule has 0 aliphatic carbocycles. The number of piperazine rings is 1. The van der Waals surface area contributed by atoms with Crippen LogP contribution in [0.25, 0.3) is 0 Å². The minimum atomic E-state index is -3.49. The van der Waals surface area contributed by atoms with Gasteiger partial charge in [0, 0.05) is 38.9 Å². The average molecular weight is 352 g/mol. The van der Waals surface area contributed by atoms with Gasteiger partial charge in [0.2, 0.25) is 10.0 Å². The molecule has 122 valence electrons. The maximum absolute atomic E-state index is 12.6. The van der Waals surface area contributed by atoms with E-state index >= 15 is 0 Å². The first-order valence-corrected chi connectivity index (χ1v) is 9.25. The minimum Gasteiger partial charge on any atom is -0.296 e. The van der Waals surface area contributed by atoms with Gasteiger partial charge >= 0.3 is 0 Å². The van der Waals surface area contributed by atoms with Gasteiger partial charge in [-0.1, -0.05) is 41.9 Å². The molecule has 1 saturated heterocycles. The summed E-state index contributed by atoms with van der Waals surface area (Å²) in [6.45, 7) is 3.25. The lowest BCUT2D eigenvalue weighted by molar-refractivity contribution is 0.181. The molecule has 0 spiro atoms. The van der Waals surface area contributed by atoms with Crippen molar-refractivity contribution in [2.24, 2.45) is 0 Å². The topological polar surface area (TPSA) is 53.5 Å². The molecule has 1 aromatic carbocycles. The second kappa shape index (κ2) is 6.97. The zero-order chi connectivity index (χ0) is 16.3. The average Bonchev–Trinajstić information content (AvgIpc) is 2.57. The lowest BCUT2D eigenvalue weighted by Crippen LogP contribution is -2.48. The monoisotopic (exact) mass is 351 g/mol. The van der Waals surface area contributed by atoms with Crippen molar-refractivity contribution in [2.45, 2.75) is 11.4 Å². The summed E-state index contributed by atoms with van der Waals surface area (Å²) < 4.78 is 26.7. The van der Waals surface area contributed by atoms with Crippen LogP contribution in [0.1, 0.15) is 5.56 Å². The molecular weight excluding hydrogens is 334 g/mol. The molecule has 23 heavy (non-hydrogen) atoms. The smallest absolute Gasteiger partial charge is 0.244 e. The number of nitrogens with zero attached hydrogens (tertiary/aromatic N) is 3. The fourth-order valence-electron chi connectivity index (χ4n) is 2.63. The summed E-state index contributed by atoms with van der Waals surface area (Å²) >= 11 is 5.72. The summed E-state index contributed by atoms with van der Waals surface area (Å²) in [6.07, 6.45) is 1.31. The van der Waals surface area contributed by atoms with E-state index < -0.39 is 10.0 Å². The number of hydrogen-bond acceptors (Lipinski definition) is 4. The van der Waals surface area contributed by atoms with Crippen molar-refractivity contribution >= 4 is 21.6 Å². The van der Waals surface area contributed by atoms with Crippen LogP contribution in [0.3, 0.4) is 0 Å². The van der Waals surface area contributed by atoms with Crippen molar-refractivity contribution in [1.29, 1.82) is 0 Å². The van der Waals surface area contributed by atoms with Crippen LogP contribution in [0.4, 0.5) is 0 Å². The van der Waals surface area contributed by atoms with Gasteiger partial charge in [-0.25, -0.2) is 13.4 Å². The third kappa shape index (κ3) is 3.90. The lowest BCUT2D eigenvalue weighted by atomic mass is 10.2. The van der Waals surface area contributed by atoms with Gasteiger partial charge in [-0.3, -0.25) is 4.90 Å². The van der Waals surface area contributed by atoms with E-state index in [9.17, 15) is 8.42 Å². The van der Waals surface area contributed by atoms with Crippen LogP contribution in [-0.4, -0.2) is 48.8 Å². The Balaban J connectivity index is 1.63. The Hall–Kier alpha value is -1.47. The van der Waals surface area contributed by atoms with E-state index in [0.29, 0.717) is 13.1 Å². The molecule has 1 aliphatic heterocycles. The fourth-order valence-corrected chi connectivity index (χ4v) is 4.11. The molecule has 2 aromatic rings. The number of pyridine rings is 1. The van der Waals surface area contributed by atoms with E-state index in [1.54, 1.807) is 0 Å². The number of sulfonamides is 1. The Morgan fingerprint density at radius 2 is 1.70 bits per heavy atom. The predicted molar refractivity (Wildman–Crippen MR) is 89.7 cm³/mol. The minimum absolute atomic E-state index is 0.193. The largest absolute Gasteiger partial charge is 0.296 e. The van der Waals surface area contributed by atoms with Crippen molar-refractivity contribution in [3.05, 3.63) is 59.4 Å². The second-order valence-corrected chi connectivity index (χ2v) is 7.81. The number of benzene rings is 1. The van der Waals surface area contributed by atoms with Gasteiger partial charge in [0.15, 0.2) is 0 Å². The quantitative estimate of drug-likeness (QED) is 0.793. The van der Waals surface area contributed by atoms with Crippen molar-refractivity contribution in [2.75, 3.05) is 26.2 Å². The van der Waals surface area contributed by atoms with Gasteiger partial charge in [-0.15, -0.1) is 0 Å². The summed E-state index contributed by atoms with van der Waals surface area (Å²) in [4.78, 5) is 6.32. The van der Waals surface area contributed by atoms with Gasteiger partial charge in [-0.2, -0.15) is 4.31 Å². The number of aromatic nitrogens is 1. The maximum atomic E-state index is 12.6. The Bertz CT molecular complexity index is 743. The normalized spacial score (nSPS) is 17.3. The highest BCUT2D eigenvalue weighted by molar-refractivity contribution is 7.89. The molecule has 1 aliphatic rings. The van der Waals surface area contributed by atoms with Crippen molar-refractivity contribution < 1.29 is 8.42 Å². The highest BCUT2D eigenvalue weighted by Gasteiger charge is 2.28. The summed E-state index contributed by atoms with van der Waals surface area (Å²) in [7, 11) is -3.49. The van der Waals surface area contributed by atoms with Crippen LogP contribution in [-0.2, 0) is 16.6 Å². The highest BCUT2D eigenvalue weighted by Crippen LogP contribution is 2.19. The zero-order valence-electron chi connectivity index (χ0n) is 12.6. The predicted octanol–water partition coefficient (Wildman–Crippen LogP) is 2.24. The Morgan fingerprint density at radius 3 is 2.30 bits per heavy atom. The van der Waals surface area contributed by atoms with E-state index in [-0.39, 0.29) is 10.0 Å². The number of rotatable bonds is 4. The van der Waals surface area contributed by atoms with E-state index in [4.69, 9.17) is 11.6 Å². The number of halogens is 1. The molecule has 1 fully saturated rings. The summed E-state index contributed by atoms with van der Waals surface area (Å²) in [5, 5.41) is 0.289. The Morgan fingerprint density at radius 1 is 1.00 bits per heavy atom. The molecular formula is C16H18ClN3O2S. The van der Waals surface area contributed by atoms with Crippen molar-refractivity contribution in [1.82, 2.24) is 14.2 Å². The molecule has 7 heteroatoms. The molecule has 0 amide bonds.